The van der Waals surface area contributed by atoms with E-state index in [9.17, 15) is 19.6 Å². The van der Waals surface area contributed by atoms with Crippen LogP contribution in [0.5, 0.6) is 5.75 Å². The van der Waals surface area contributed by atoms with Gasteiger partial charge in [-0.05, 0) is 61.6 Å². The molecular formula is C28H27N5O5. The van der Waals surface area contributed by atoms with Gasteiger partial charge in [0.2, 0.25) is 5.91 Å². The Hall–Kier alpha value is -4.65. The standard InChI is InChI=1S/C28H27N5O5/c1-33-16-20(15-30-33)31-26(36)19-7-8-24-21(12-19)28(9-10-38-24)13-22(28)27(37)32-23-11-17(14-29)5-6-18(23)3-2-4-25(34)35/h5-8,11-12,15-16,22H,2-4,9-10,13H2,1H3,(H,31,36)(H,32,37)(H,34,35)/t22-,28-/m0/s1. The summed E-state index contributed by atoms with van der Waals surface area (Å²) < 4.78 is 7.45. The van der Waals surface area contributed by atoms with E-state index in [1.54, 1.807) is 60.5 Å². The molecule has 10 nitrogen and oxygen atoms in total. The van der Waals surface area contributed by atoms with Gasteiger partial charge in [-0.15, -0.1) is 0 Å². The number of amides is 2. The quantitative estimate of drug-likeness (QED) is 0.417. The highest BCUT2D eigenvalue weighted by molar-refractivity contribution is 6.04. The second-order valence-corrected chi connectivity index (χ2v) is 9.80. The third kappa shape index (κ3) is 4.95. The maximum absolute atomic E-state index is 13.4. The fraction of sp³-hybridized carbons (Fsp3) is 0.321. The number of anilines is 2. The van der Waals surface area contributed by atoms with Crippen molar-refractivity contribution in [1.82, 2.24) is 9.78 Å². The number of ether oxygens (including phenoxy) is 1. The SMILES string of the molecule is Cn1cc(NC(=O)c2ccc3c(c2)[C@]2(CCO3)C[C@H]2C(=O)Nc2cc(C#N)ccc2CCCC(=O)O)cn1. The van der Waals surface area contributed by atoms with E-state index in [1.807, 2.05) is 0 Å². The predicted octanol–water partition coefficient (Wildman–Crippen LogP) is 3.63. The molecule has 2 atom stereocenters. The maximum Gasteiger partial charge on any atom is 0.303 e. The van der Waals surface area contributed by atoms with Gasteiger partial charge in [0.15, 0.2) is 0 Å². The summed E-state index contributed by atoms with van der Waals surface area (Å²) in [6.45, 7) is 0.475. The first kappa shape index (κ1) is 25.0. The summed E-state index contributed by atoms with van der Waals surface area (Å²) in [5, 5.41) is 28.2. The van der Waals surface area contributed by atoms with Crippen molar-refractivity contribution in [1.29, 1.82) is 5.26 Å². The Morgan fingerprint density at radius 1 is 1.24 bits per heavy atom. The summed E-state index contributed by atoms with van der Waals surface area (Å²) in [5.74, 6) is -0.972. The lowest BCUT2D eigenvalue weighted by Crippen LogP contribution is -2.27. The smallest absolute Gasteiger partial charge is 0.303 e. The number of carboxylic acid groups (broad SMARTS) is 1. The molecule has 194 valence electrons. The zero-order chi connectivity index (χ0) is 26.9. The Morgan fingerprint density at radius 2 is 2.08 bits per heavy atom. The summed E-state index contributed by atoms with van der Waals surface area (Å²) in [5.41, 5.74) is 3.19. The number of carbonyl (C=O) groups excluding carboxylic acids is 2. The van der Waals surface area contributed by atoms with E-state index >= 15 is 0 Å². The maximum atomic E-state index is 13.4. The summed E-state index contributed by atoms with van der Waals surface area (Å²) in [6.07, 6.45) is 5.46. The van der Waals surface area contributed by atoms with Crippen molar-refractivity contribution >= 4 is 29.2 Å². The molecule has 1 aliphatic carbocycles. The number of aromatic nitrogens is 2. The fourth-order valence-corrected chi connectivity index (χ4v) is 5.21. The molecule has 1 spiro atoms. The van der Waals surface area contributed by atoms with E-state index in [2.05, 4.69) is 21.8 Å². The third-order valence-corrected chi connectivity index (χ3v) is 7.27. The molecule has 0 radical (unpaired) electrons. The highest BCUT2D eigenvalue weighted by Crippen LogP contribution is 2.61. The van der Waals surface area contributed by atoms with Gasteiger partial charge in [-0.3, -0.25) is 19.1 Å². The van der Waals surface area contributed by atoms with Crippen molar-refractivity contribution in [3.8, 4) is 11.8 Å². The van der Waals surface area contributed by atoms with Crippen molar-refractivity contribution in [2.45, 2.75) is 37.5 Å². The number of carbonyl (C=O) groups is 3. The van der Waals surface area contributed by atoms with Gasteiger partial charge in [0.05, 0.1) is 30.1 Å². The first-order chi connectivity index (χ1) is 18.3. The minimum absolute atomic E-state index is 0.0204. The van der Waals surface area contributed by atoms with Crippen molar-refractivity contribution in [3.63, 3.8) is 0 Å². The minimum atomic E-state index is -0.879. The lowest BCUT2D eigenvalue weighted by Gasteiger charge is -2.27. The van der Waals surface area contributed by atoms with Crippen LogP contribution < -0.4 is 15.4 Å². The molecule has 2 aromatic carbocycles. The number of hydrogen-bond donors (Lipinski definition) is 3. The van der Waals surface area contributed by atoms with Crippen LogP contribution in [0.3, 0.4) is 0 Å². The molecule has 2 heterocycles. The number of rotatable bonds is 8. The van der Waals surface area contributed by atoms with Crippen molar-refractivity contribution in [3.05, 3.63) is 71.0 Å². The number of nitrogens with zero attached hydrogens (tertiary/aromatic N) is 3. The summed E-state index contributed by atoms with van der Waals surface area (Å²) in [7, 11) is 1.77. The molecule has 2 aliphatic rings. The van der Waals surface area contributed by atoms with Crippen LogP contribution >= 0.6 is 0 Å². The third-order valence-electron chi connectivity index (χ3n) is 7.27. The second-order valence-electron chi connectivity index (χ2n) is 9.80. The normalized spacial score (nSPS) is 19.1. The minimum Gasteiger partial charge on any atom is -0.493 e. The summed E-state index contributed by atoms with van der Waals surface area (Å²) >= 11 is 0. The van der Waals surface area contributed by atoms with Crippen LogP contribution in [0, 0.1) is 17.2 Å². The van der Waals surface area contributed by atoms with Gasteiger partial charge in [-0.1, -0.05) is 6.07 Å². The molecule has 1 saturated carbocycles. The van der Waals surface area contributed by atoms with E-state index in [1.165, 1.54) is 0 Å². The van der Waals surface area contributed by atoms with Crippen molar-refractivity contribution in [2.24, 2.45) is 13.0 Å². The molecule has 0 unspecified atom stereocenters. The van der Waals surface area contributed by atoms with E-state index in [0.717, 1.165) is 11.1 Å². The van der Waals surface area contributed by atoms with Crippen molar-refractivity contribution in [2.75, 3.05) is 17.2 Å². The molecule has 0 bridgehead atoms. The molecule has 3 aromatic rings. The Labute approximate surface area is 219 Å². The Bertz CT molecular complexity index is 1470. The average molecular weight is 514 g/mol. The van der Waals surface area contributed by atoms with Gasteiger partial charge in [-0.25, -0.2) is 0 Å². The van der Waals surface area contributed by atoms with Crippen LogP contribution in [0.15, 0.2) is 48.8 Å². The lowest BCUT2D eigenvalue weighted by atomic mass is 9.86. The number of nitrogens with one attached hydrogen (secondary N) is 2. The molecule has 38 heavy (non-hydrogen) atoms. The molecule has 1 fully saturated rings. The van der Waals surface area contributed by atoms with Gasteiger partial charge in [0, 0.05) is 47.8 Å². The number of hydrogen-bond acceptors (Lipinski definition) is 6. The van der Waals surface area contributed by atoms with Crippen LogP contribution in [0.2, 0.25) is 0 Å². The monoisotopic (exact) mass is 513 g/mol. The highest BCUT2D eigenvalue weighted by Gasteiger charge is 2.61. The average Bonchev–Trinajstić information content (AvgIpc) is 3.47. The van der Waals surface area contributed by atoms with Crippen LogP contribution in [0.1, 0.15) is 52.7 Å². The number of aliphatic carboxylic acids is 1. The number of carboxylic acids is 1. The molecule has 1 aliphatic heterocycles. The van der Waals surface area contributed by atoms with Gasteiger partial charge < -0.3 is 20.5 Å². The molecule has 10 heteroatoms. The number of nitriles is 1. The van der Waals surface area contributed by atoms with Gasteiger partial charge in [0.1, 0.15) is 5.75 Å². The number of fused-ring (bicyclic) bond motifs is 2. The first-order valence-electron chi connectivity index (χ1n) is 12.4. The lowest BCUT2D eigenvalue weighted by molar-refractivity contribution is -0.137. The highest BCUT2D eigenvalue weighted by atomic mass is 16.5. The Morgan fingerprint density at radius 3 is 2.82 bits per heavy atom. The van der Waals surface area contributed by atoms with E-state index in [4.69, 9.17) is 9.84 Å². The van der Waals surface area contributed by atoms with Gasteiger partial charge >= 0.3 is 5.97 Å². The largest absolute Gasteiger partial charge is 0.493 e. The van der Waals surface area contributed by atoms with E-state index in [-0.39, 0.29) is 24.2 Å². The van der Waals surface area contributed by atoms with E-state index in [0.29, 0.717) is 60.5 Å². The van der Waals surface area contributed by atoms with Crippen molar-refractivity contribution < 1.29 is 24.2 Å². The van der Waals surface area contributed by atoms with E-state index < -0.39 is 11.4 Å². The first-order valence-corrected chi connectivity index (χ1v) is 12.4. The summed E-state index contributed by atoms with van der Waals surface area (Å²) in [6, 6.07) is 12.4. The topological polar surface area (TPSA) is 146 Å². The molecule has 5 rings (SSSR count). The number of aryl methyl sites for hydroxylation is 2. The second kappa shape index (κ2) is 10.0. The Kier molecular flexibility index (Phi) is 6.59. The Balaban J connectivity index is 1.35. The van der Waals surface area contributed by atoms with Crippen LogP contribution in [0.25, 0.3) is 0 Å². The molecule has 1 aromatic heterocycles. The molecule has 2 amide bonds. The van der Waals surface area contributed by atoms with Crippen LogP contribution in [0.4, 0.5) is 11.4 Å². The zero-order valence-corrected chi connectivity index (χ0v) is 20.9. The van der Waals surface area contributed by atoms with Gasteiger partial charge in [0.25, 0.3) is 5.91 Å². The van der Waals surface area contributed by atoms with Crippen LogP contribution in [-0.4, -0.2) is 39.3 Å². The fourth-order valence-electron chi connectivity index (χ4n) is 5.21. The predicted molar refractivity (Wildman–Crippen MR) is 138 cm³/mol. The molecular weight excluding hydrogens is 486 g/mol. The number of benzene rings is 2. The van der Waals surface area contributed by atoms with Gasteiger partial charge in [-0.2, -0.15) is 10.4 Å². The summed E-state index contributed by atoms with van der Waals surface area (Å²) in [4.78, 5) is 37.3. The molecule has 0 saturated heterocycles. The van der Waals surface area contributed by atoms with Crippen LogP contribution in [-0.2, 0) is 28.5 Å². The molecule has 3 N–H and O–H groups in total. The zero-order valence-electron chi connectivity index (χ0n) is 20.9.